The number of carbonyl (C=O) groups excluding carboxylic acids is 2. The fourth-order valence-electron chi connectivity index (χ4n) is 3.39. The van der Waals surface area contributed by atoms with Gasteiger partial charge >= 0.3 is 0 Å². The maximum atomic E-state index is 13.1. The lowest BCUT2D eigenvalue weighted by atomic mass is 10.1. The van der Waals surface area contributed by atoms with Crippen LogP contribution in [-0.4, -0.2) is 29.6 Å². The molecule has 3 aromatic rings. The van der Waals surface area contributed by atoms with Crippen molar-refractivity contribution in [3.8, 4) is 11.5 Å². The summed E-state index contributed by atoms with van der Waals surface area (Å²) in [5.41, 5.74) is 2.66. The van der Waals surface area contributed by atoms with Crippen molar-refractivity contribution < 1.29 is 23.5 Å². The molecule has 172 valence electrons. The van der Waals surface area contributed by atoms with E-state index in [-0.39, 0.29) is 12.4 Å². The monoisotopic (exact) mass is 570 g/mol. The van der Waals surface area contributed by atoms with Crippen LogP contribution < -0.4 is 9.47 Å². The Morgan fingerprint density at radius 1 is 1.12 bits per heavy atom. The topological polar surface area (TPSA) is 68.2 Å². The molecule has 3 aromatic carbocycles. The molecule has 0 saturated carbocycles. The summed E-state index contributed by atoms with van der Waals surface area (Å²) in [6.07, 6.45) is 1.67. The van der Waals surface area contributed by atoms with Gasteiger partial charge in [0, 0.05) is 5.56 Å². The molecule has 34 heavy (non-hydrogen) atoms. The number of hydrogen-bond donors (Lipinski definition) is 0. The highest BCUT2D eigenvalue weighted by molar-refractivity contribution is 14.1. The number of halogens is 2. The van der Waals surface area contributed by atoms with Crippen LogP contribution in [-0.2, 0) is 11.4 Å². The van der Waals surface area contributed by atoms with Gasteiger partial charge in [0.1, 0.15) is 12.4 Å². The number of carbonyl (C=O) groups is 2. The van der Waals surface area contributed by atoms with Crippen LogP contribution in [0, 0.1) is 9.39 Å². The molecule has 1 aliphatic heterocycles. The molecule has 1 aliphatic rings. The van der Waals surface area contributed by atoms with Crippen LogP contribution >= 0.6 is 22.6 Å². The number of rotatable bonds is 6. The molecule has 0 spiro atoms. The van der Waals surface area contributed by atoms with Crippen molar-refractivity contribution in [2.45, 2.75) is 13.5 Å². The van der Waals surface area contributed by atoms with Gasteiger partial charge in [0.25, 0.3) is 11.8 Å². The number of ether oxygens (including phenoxy) is 2. The van der Waals surface area contributed by atoms with Crippen molar-refractivity contribution in [2.75, 3.05) is 7.11 Å². The van der Waals surface area contributed by atoms with Gasteiger partial charge < -0.3 is 9.47 Å². The van der Waals surface area contributed by atoms with Crippen molar-refractivity contribution in [2.24, 2.45) is 5.10 Å². The largest absolute Gasteiger partial charge is 0.493 e. The summed E-state index contributed by atoms with van der Waals surface area (Å²) >= 11 is 2.13. The molecule has 0 fully saturated rings. The molecule has 6 nitrogen and oxygen atoms in total. The number of imide groups is 1. The summed E-state index contributed by atoms with van der Waals surface area (Å²) in [4.78, 5) is 25.7. The van der Waals surface area contributed by atoms with Gasteiger partial charge in [-0.15, -0.1) is 0 Å². The first-order valence-electron chi connectivity index (χ1n) is 10.3. The molecule has 0 N–H and O–H groups in total. The van der Waals surface area contributed by atoms with Crippen LogP contribution in [0.2, 0.25) is 0 Å². The molecule has 0 unspecified atom stereocenters. The van der Waals surface area contributed by atoms with Crippen LogP contribution in [0.15, 0.2) is 77.4 Å². The minimum absolute atomic E-state index is 0.244. The molecule has 1 heterocycles. The zero-order valence-electron chi connectivity index (χ0n) is 18.4. The number of hydrazone groups is 1. The molecule has 0 aliphatic carbocycles. The van der Waals surface area contributed by atoms with Gasteiger partial charge in [-0.05, 0) is 83.1 Å². The predicted molar refractivity (Wildman–Crippen MR) is 135 cm³/mol. The van der Waals surface area contributed by atoms with Gasteiger partial charge in [0.15, 0.2) is 11.5 Å². The van der Waals surface area contributed by atoms with Crippen molar-refractivity contribution in [3.05, 3.63) is 98.4 Å². The summed E-state index contributed by atoms with van der Waals surface area (Å²) in [7, 11) is 1.53. The first-order chi connectivity index (χ1) is 16.4. The second-order valence-electron chi connectivity index (χ2n) is 7.48. The first kappa shape index (κ1) is 23.6. The van der Waals surface area contributed by atoms with Crippen LogP contribution in [0.3, 0.4) is 0 Å². The SMILES string of the molecule is COc1cc(/C=C2/C(=O)N(C(=O)c3ccccc3)N=C2C)cc(I)c1OCc1ccc(F)cc1. The van der Waals surface area contributed by atoms with E-state index in [0.29, 0.717) is 33.9 Å². The van der Waals surface area contributed by atoms with Gasteiger partial charge in [-0.1, -0.05) is 30.3 Å². The Hall–Kier alpha value is -3.53. The van der Waals surface area contributed by atoms with E-state index in [0.717, 1.165) is 14.1 Å². The lowest BCUT2D eigenvalue weighted by Crippen LogP contribution is -2.29. The third-order valence-corrected chi connectivity index (χ3v) is 5.94. The molecule has 0 radical (unpaired) electrons. The van der Waals surface area contributed by atoms with Gasteiger partial charge in [-0.3, -0.25) is 9.59 Å². The van der Waals surface area contributed by atoms with E-state index >= 15 is 0 Å². The average molecular weight is 570 g/mol. The highest BCUT2D eigenvalue weighted by atomic mass is 127. The Morgan fingerprint density at radius 3 is 2.50 bits per heavy atom. The fourth-order valence-corrected chi connectivity index (χ4v) is 4.17. The normalized spacial score (nSPS) is 14.4. The molecule has 4 rings (SSSR count). The van der Waals surface area contributed by atoms with Crippen LogP contribution in [0.25, 0.3) is 6.08 Å². The number of methoxy groups -OCH3 is 1. The number of amides is 2. The van der Waals surface area contributed by atoms with E-state index in [1.165, 1.54) is 19.2 Å². The van der Waals surface area contributed by atoms with Crippen LogP contribution in [0.1, 0.15) is 28.4 Å². The average Bonchev–Trinajstić information content (AvgIpc) is 3.12. The Labute approximate surface area is 209 Å². The number of nitrogens with zero attached hydrogens (tertiary/aromatic N) is 2. The lowest BCUT2D eigenvalue weighted by Gasteiger charge is -2.14. The summed E-state index contributed by atoms with van der Waals surface area (Å²) in [6, 6.07) is 18.2. The first-order valence-corrected chi connectivity index (χ1v) is 11.4. The smallest absolute Gasteiger partial charge is 0.283 e. The second-order valence-corrected chi connectivity index (χ2v) is 8.64. The molecule has 8 heteroatoms. The van der Waals surface area contributed by atoms with Crippen molar-refractivity contribution in [1.82, 2.24) is 5.01 Å². The summed E-state index contributed by atoms with van der Waals surface area (Å²) in [6.45, 7) is 1.93. The van der Waals surface area contributed by atoms with Crippen molar-refractivity contribution in [1.29, 1.82) is 0 Å². The lowest BCUT2D eigenvalue weighted by molar-refractivity contribution is -0.123. The minimum Gasteiger partial charge on any atom is -0.493 e. The van der Waals surface area contributed by atoms with E-state index in [2.05, 4.69) is 27.7 Å². The highest BCUT2D eigenvalue weighted by Gasteiger charge is 2.33. The zero-order valence-corrected chi connectivity index (χ0v) is 20.6. The van der Waals surface area contributed by atoms with Gasteiger partial charge in [-0.25, -0.2) is 4.39 Å². The maximum absolute atomic E-state index is 13.1. The Morgan fingerprint density at radius 2 is 1.82 bits per heavy atom. The third-order valence-electron chi connectivity index (χ3n) is 5.13. The Bertz CT molecular complexity index is 1300. The highest BCUT2D eigenvalue weighted by Crippen LogP contribution is 2.35. The molecule has 0 atom stereocenters. The third kappa shape index (κ3) is 5.01. The van der Waals surface area contributed by atoms with Crippen molar-refractivity contribution >= 4 is 46.2 Å². The van der Waals surface area contributed by atoms with E-state index < -0.39 is 11.8 Å². The quantitative estimate of drug-likeness (QED) is 0.224. The predicted octanol–water partition coefficient (Wildman–Crippen LogP) is 5.46. The van der Waals surface area contributed by atoms with E-state index in [1.807, 2.05) is 6.07 Å². The van der Waals surface area contributed by atoms with Crippen LogP contribution in [0.4, 0.5) is 4.39 Å². The van der Waals surface area contributed by atoms with E-state index in [4.69, 9.17) is 9.47 Å². The number of hydrogen-bond acceptors (Lipinski definition) is 5. The van der Waals surface area contributed by atoms with Gasteiger partial charge in [0.2, 0.25) is 0 Å². The Kier molecular flexibility index (Phi) is 7.06. The standard InChI is InChI=1S/C26H20FIN2O4/c1-16-21(26(32)30(29-16)25(31)19-6-4-3-5-7-19)12-18-13-22(28)24(23(14-18)33-2)34-15-17-8-10-20(27)11-9-17/h3-14H,15H2,1-2H3/b21-12+. The van der Waals surface area contributed by atoms with E-state index in [1.54, 1.807) is 61.5 Å². The summed E-state index contributed by atoms with van der Waals surface area (Å²) in [5.74, 6) is -0.253. The summed E-state index contributed by atoms with van der Waals surface area (Å²) < 4.78 is 25.3. The van der Waals surface area contributed by atoms with Gasteiger partial charge in [0.05, 0.1) is 22.0 Å². The maximum Gasteiger partial charge on any atom is 0.283 e. The summed E-state index contributed by atoms with van der Waals surface area (Å²) in [5, 5.41) is 5.06. The molecule has 0 aromatic heterocycles. The zero-order chi connectivity index (χ0) is 24.2. The second kappa shape index (κ2) is 10.2. The molecule has 0 bridgehead atoms. The molecular weight excluding hydrogens is 550 g/mol. The van der Waals surface area contributed by atoms with E-state index in [9.17, 15) is 14.0 Å². The van der Waals surface area contributed by atoms with Crippen LogP contribution in [0.5, 0.6) is 11.5 Å². The van der Waals surface area contributed by atoms with Crippen molar-refractivity contribution in [3.63, 3.8) is 0 Å². The minimum atomic E-state index is -0.489. The molecular formula is C26H20FIN2O4. The van der Waals surface area contributed by atoms with Gasteiger partial charge in [-0.2, -0.15) is 10.1 Å². The molecule has 2 amide bonds. The number of benzene rings is 3. The fraction of sp³-hybridized carbons (Fsp3) is 0.115. The Balaban J connectivity index is 1.57. The molecule has 0 saturated heterocycles.